The molecule has 0 fully saturated rings. The predicted octanol–water partition coefficient (Wildman–Crippen LogP) is 4.80. The minimum absolute atomic E-state index is 0. The van der Waals surface area contributed by atoms with E-state index in [0.717, 1.165) is 12.8 Å². The number of nitrogens with zero attached hydrogens (tertiary/aromatic N) is 1. The Morgan fingerprint density at radius 2 is 1.09 bits per heavy atom. The standard InChI is InChI=1S/C28H55NO4S.K/c1-2-3-4-5-6-7-8-9-10-11-12-13-14-15-16-17-18-19-20-21-22-25-28(30)29-26-23-24-27-34(31,32)33;/h22,25H,2-21,23-24,26-27H2,1H3,(H,29,30)(H,31,32,33);/q;+1/p-1/b25-22+;. The van der Waals surface area contributed by atoms with Crippen molar-refractivity contribution in [2.45, 2.75) is 148 Å². The first kappa shape index (κ1) is 37.9. The van der Waals surface area contributed by atoms with Crippen LogP contribution in [0.1, 0.15) is 148 Å². The molecule has 0 aromatic rings. The van der Waals surface area contributed by atoms with Crippen LogP contribution in [0.4, 0.5) is 0 Å². The maximum absolute atomic E-state index is 11.6. The van der Waals surface area contributed by atoms with Crippen molar-refractivity contribution in [1.29, 1.82) is 0 Å². The van der Waals surface area contributed by atoms with Gasteiger partial charge < -0.3 is 10.1 Å². The number of hydrogen-bond donors (Lipinski definition) is 1. The monoisotopic (exact) mass is 539 g/mol. The average molecular weight is 540 g/mol. The molecule has 1 N–H and O–H groups in total. The summed E-state index contributed by atoms with van der Waals surface area (Å²) in [6.07, 6.45) is 31.2. The van der Waals surface area contributed by atoms with Gasteiger partial charge in [-0.05, 0) is 31.6 Å². The van der Waals surface area contributed by atoms with Crippen molar-refractivity contribution < 1.29 is 69.5 Å². The molecule has 0 spiro atoms. The second kappa shape index (κ2) is 29.3. The van der Waals surface area contributed by atoms with Gasteiger partial charge in [0.1, 0.15) is 0 Å². The fraction of sp³-hybridized carbons (Fsp3) is 0.893. The number of allylic oxidation sites excluding steroid dienone is 1. The van der Waals surface area contributed by atoms with Crippen molar-refractivity contribution in [1.82, 2.24) is 0 Å². The van der Waals surface area contributed by atoms with E-state index < -0.39 is 10.1 Å². The molecule has 0 aromatic carbocycles. The number of unbranched alkanes of at least 4 members (excludes halogenated alkanes) is 20. The van der Waals surface area contributed by atoms with Crippen LogP contribution < -0.4 is 56.5 Å². The van der Waals surface area contributed by atoms with E-state index in [1.165, 1.54) is 122 Å². The van der Waals surface area contributed by atoms with E-state index in [1.54, 1.807) is 0 Å². The van der Waals surface area contributed by atoms with Crippen molar-refractivity contribution in [2.24, 2.45) is 4.99 Å². The molecule has 5 nitrogen and oxygen atoms in total. The van der Waals surface area contributed by atoms with Gasteiger partial charge in [-0.1, -0.05) is 135 Å². The zero-order valence-electron chi connectivity index (χ0n) is 23.2. The Morgan fingerprint density at radius 3 is 1.49 bits per heavy atom. The van der Waals surface area contributed by atoms with Crippen LogP contribution in [-0.2, 0) is 10.1 Å². The van der Waals surface area contributed by atoms with Gasteiger partial charge in [0.05, 0.1) is 5.75 Å². The van der Waals surface area contributed by atoms with Crippen LogP contribution in [0.2, 0.25) is 0 Å². The van der Waals surface area contributed by atoms with E-state index in [-0.39, 0.29) is 63.0 Å². The quantitative estimate of drug-likeness (QED) is 0.0562. The van der Waals surface area contributed by atoms with Gasteiger partial charge in [0.25, 0.3) is 10.1 Å². The van der Waals surface area contributed by atoms with E-state index in [2.05, 4.69) is 11.9 Å². The molecule has 0 amide bonds. The van der Waals surface area contributed by atoms with E-state index in [9.17, 15) is 13.5 Å². The molecule has 0 aliphatic carbocycles. The molecule has 35 heavy (non-hydrogen) atoms. The normalized spacial score (nSPS) is 12.3. The molecule has 202 valence electrons. The van der Waals surface area contributed by atoms with E-state index in [1.807, 2.05) is 6.08 Å². The summed E-state index contributed by atoms with van der Waals surface area (Å²) in [6, 6.07) is 0. The Labute approximate surface area is 260 Å². The molecule has 0 aliphatic rings. The van der Waals surface area contributed by atoms with Gasteiger partial charge in [0, 0.05) is 6.54 Å². The van der Waals surface area contributed by atoms with Crippen LogP contribution in [0.5, 0.6) is 0 Å². The van der Waals surface area contributed by atoms with Crippen molar-refractivity contribution in [2.75, 3.05) is 12.3 Å². The summed E-state index contributed by atoms with van der Waals surface area (Å²) in [6.45, 7) is 2.58. The van der Waals surface area contributed by atoms with Crippen LogP contribution in [0.3, 0.4) is 0 Å². The zero-order valence-corrected chi connectivity index (χ0v) is 27.1. The smallest absolute Gasteiger partial charge is 0.859 e. The van der Waals surface area contributed by atoms with Crippen molar-refractivity contribution >= 4 is 16.0 Å². The average Bonchev–Trinajstić information content (AvgIpc) is 2.79. The van der Waals surface area contributed by atoms with Crippen molar-refractivity contribution in [3.63, 3.8) is 0 Å². The van der Waals surface area contributed by atoms with Gasteiger partial charge >= 0.3 is 51.4 Å². The molecule has 0 bridgehead atoms. The van der Waals surface area contributed by atoms with Crippen LogP contribution >= 0.6 is 0 Å². The molecular formula is C28H54KNO4S. The van der Waals surface area contributed by atoms with Gasteiger partial charge in [-0.25, -0.2) is 0 Å². The first-order chi connectivity index (χ1) is 16.5. The number of hydrogen-bond acceptors (Lipinski definition) is 4. The maximum atomic E-state index is 11.6. The van der Waals surface area contributed by atoms with Crippen LogP contribution in [0.15, 0.2) is 17.1 Å². The third kappa shape index (κ3) is 34.8. The Morgan fingerprint density at radius 1 is 0.686 bits per heavy atom. The molecule has 0 saturated heterocycles. The van der Waals surface area contributed by atoms with Gasteiger partial charge in [0.15, 0.2) is 0 Å². The minimum atomic E-state index is -3.91. The number of aliphatic imine (C=N–C) groups is 1. The molecule has 0 saturated carbocycles. The third-order valence-electron chi connectivity index (χ3n) is 6.31. The van der Waals surface area contributed by atoms with Crippen molar-refractivity contribution in [3.8, 4) is 0 Å². The van der Waals surface area contributed by atoms with Crippen LogP contribution in [0, 0.1) is 0 Å². The van der Waals surface area contributed by atoms with Crippen molar-refractivity contribution in [3.05, 3.63) is 12.2 Å². The maximum Gasteiger partial charge on any atom is 1.00 e. The largest absolute Gasteiger partial charge is 1.00 e. The SMILES string of the molecule is CCCCCCCCCCCCCCCCCCCCC/C=C/C([O-])=NCCCCS(=O)(=O)O.[K+]. The Kier molecular flexibility index (Phi) is 31.7. The summed E-state index contributed by atoms with van der Waals surface area (Å²) < 4.78 is 29.8. The minimum Gasteiger partial charge on any atom is -0.859 e. The second-order valence-electron chi connectivity index (χ2n) is 9.77. The summed E-state index contributed by atoms with van der Waals surface area (Å²) in [5.74, 6) is -0.531. The first-order valence-corrected chi connectivity index (χ1v) is 15.9. The number of rotatable bonds is 26. The molecule has 0 aromatic heterocycles. The summed E-state index contributed by atoms with van der Waals surface area (Å²) in [7, 11) is -3.91. The molecular weight excluding hydrogens is 485 g/mol. The van der Waals surface area contributed by atoms with Gasteiger partial charge in [-0.2, -0.15) is 8.42 Å². The molecule has 7 heteroatoms. The summed E-state index contributed by atoms with van der Waals surface area (Å²) >= 11 is 0. The predicted molar refractivity (Wildman–Crippen MR) is 145 cm³/mol. The Bertz CT molecular complexity index is 594. The molecule has 0 unspecified atom stereocenters. The van der Waals surface area contributed by atoms with Gasteiger partial charge in [-0.15, -0.1) is 0 Å². The van der Waals surface area contributed by atoms with Gasteiger partial charge in [-0.3, -0.25) is 4.55 Å². The van der Waals surface area contributed by atoms with Crippen LogP contribution in [-0.4, -0.2) is 31.2 Å². The fourth-order valence-corrected chi connectivity index (χ4v) is 4.73. The van der Waals surface area contributed by atoms with Gasteiger partial charge in [0.2, 0.25) is 0 Å². The fourth-order valence-electron chi connectivity index (χ4n) is 4.16. The molecule has 0 radical (unpaired) electrons. The molecule has 0 aliphatic heterocycles. The summed E-state index contributed by atoms with van der Waals surface area (Å²) in [5.41, 5.74) is 0. The second-order valence-corrected chi connectivity index (χ2v) is 11.3. The Hall–Kier alpha value is 0.756. The molecule has 0 atom stereocenters. The summed E-state index contributed by atoms with van der Waals surface area (Å²) in [4.78, 5) is 3.86. The van der Waals surface area contributed by atoms with Crippen LogP contribution in [0.25, 0.3) is 0 Å². The topological polar surface area (TPSA) is 89.8 Å². The molecule has 0 rings (SSSR count). The Balaban J connectivity index is 0. The molecule has 0 heterocycles. The van der Waals surface area contributed by atoms with E-state index in [4.69, 9.17) is 4.55 Å². The third-order valence-corrected chi connectivity index (χ3v) is 7.12. The zero-order chi connectivity index (χ0) is 25.2. The first-order valence-electron chi connectivity index (χ1n) is 14.3. The van der Waals surface area contributed by atoms with E-state index in [0.29, 0.717) is 19.4 Å². The van der Waals surface area contributed by atoms with E-state index >= 15 is 0 Å². The summed E-state index contributed by atoms with van der Waals surface area (Å²) in [5, 5.41) is 11.6.